The van der Waals surface area contributed by atoms with Crippen LogP contribution in [-0.2, 0) is 11.3 Å². The minimum atomic E-state index is -0.711. The lowest BCUT2D eigenvalue weighted by Crippen LogP contribution is -2.36. The second-order valence-electron chi connectivity index (χ2n) is 8.09. The summed E-state index contributed by atoms with van der Waals surface area (Å²) in [5, 5.41) is 3.43. The minimum absolute atomic E-state index is 0.0898. The summed E-state index contributed by atoms with van der Waals surface area (Å²) >= 11 is 0. The van der Waals surface area contributed by atoms with E-state index in [4.69, 9.17) is 9.15 Å². The molecule has 0 radical (unpaired) electrons. The van der Waals surface area contributed by atoms with E-state index < -0.39 is 23.2 Å². The molecule has 0 saturated carbocycles. The van der Waals surface area contributed by atoms with Crippen molar-refractivity contribution in [1.29, 1.82) is 0 Å². The van der Waals surface area contributed by atoms with Crippen LogP contribution in [0.15, 0.2) is 63.8 Å². The summed E-state index contributed by atoms with van der Waals surface area (Å²) in [7, 11) is 0. The predicted molar refractivity (Wildman–Crippen MR) is 119 cm³/mol. The number of fused-ring (bicyclic) bond motifs is 1. The molecule has 3 aromatic rings. The normalized spacial score (nSPS) is 11.2. The molecule has 0 fully saturated rings. The van der Waals surface area contributed by atoms with Gasteiger partial charge in [-0.3, -0.25) is 4.79 Å². The molecule has 0 unspecified atom stereocenters. The minimum Gasteiger partial charge on any atom is -0.444 e. The smallest absolute Gasteiger partial charge is 0.410 e. The molecule has 1 N–H and O–H groups in total. The zero-order chi connectivity index (χ0) is 22.6. The molecule has 1 aromatic heterocycles. The lowest BCUT2D eigenvalue weighted by molar-refractivity contribution is 0.0245. The lowest BCUT2D eigenvalue weighted by atomic mass is 10.1. The van der Waals surface area contributed by atoms with Crippen LogP contribution >= 0.6 is 0 Å². The summed E-state index contributed by atoms with van der Waals surface area (Å²) in [5.74, 6) is -0.577. The van der Waals surface area contributed by atoms with Gasteiger partial charge in [-0.05, 0) is 51.5 Å². The summed E-state index contributed by atoms with van der Waals surface area (Å²) in [6, 6.07) is 15.6. The first-order chi connectivity index (χ1) is 14.7. The molecule has 31 heavy (non-hydrogen) atoms. The van der Waals surface area contributed by atoms with Gasteiger partial charge in [-0.25, -0.2) is 9.59 Å². The summed E-state index contributed by atoms with van der Waals surface area (Å²) in [4.78, 5) is 39.2. The van der Waals surface area contributed by atoms with Crippen molar-refractivity contribution < 1.29 is 18.7 Å². The number of carbonyl (C=O) groups is 2. The molecule has 162 valence electrons. The van der Waals surface area contributed by atoms with Crippen molar-refractivity contribution in [2.45, 2.75) is 39.8 Å². The summed E-state index contributed by atoms with van der Waals surface area (Å²) in [5.41, 5.74) is 0.226. The molecule has 1 heterocycles. The van der Waals surface area contributed by atoms with Crippen LogP contribution in [0.3, 0.4) is 0 Å². The number of carbonyl (C=O) groups excluding carboxylic acids is 2. The van der Waals surface area contributed by atoms with Gasteiger partial charge in [0, 0.05) is 17.6 Å². The van der Waals surface area contributed by atoms with Gasteiger partial charge in [0.1, 0.15) is 16.7 Å². The second kappa shape index (κ2) is 9.04. The maximum Gasteiger partial charge on any atom is 0.410 e. The van der Waals surface area contributed by atoms with E-state index in [9.17, 15) is 14.4 Å². The van der Waals surface area contributed by atoms with Crippen LogP contribution in [0.25, 0.3) is 11.0 Å². The number of hydrogen-bond acceptors (Lipinski definition) is 5. The predicted octanol–water partition coefficient (Wildman–Crippen LogP) is 4.80. The van der Waals surface area contributed by atoms with E-state index in [1.54, 1.807) is 41.3 Å². The van der Waals surface area contributed by atoms with Crippen LogP contribution in [0, 0.1) is 0 Å². The number of ether oxygens (including phenoxy) is 1. The fourth-order valence-electron chi connectivity index (χ4n) is 3.03. The van der Waals surface area contributed by atoms with Gasteiger partial charge >= 0.3 is 11.7 Å². The molecule has 2 amide bonds. The van der Waals surface area contributed by atoms with Gasteiger partial charge in [0.15, 0.2) is 0 Å². The van der Waals surface area contributed by atoms with E-state index >= 15 is 0 Å². The Bertz CT molecular complexity index is 1160. The fraction of sp³-hybridized carbons (Fsp3) is 0.292. The van der Waals surface area contributed by atoms with E-state index in [1.807, 2.05) is 39.8 Å². The van der Waals surface area contributed by atoms with Crippen molar-refractivity contribution in [3.63, 3.8) is 0 Å². The average Bonchev–Trinajstić information content (AvgIpc) is 2.71. The highest BCUT2D eigenvalue weighted by molar-refractivity contribution is 6.05. The number of nitrogens with zero attached hydrogens (tertiary/aromatic N) is 1. The Morgan fingerprint density at radius 2 is 1.74 bits per heavy atom. The largest absolute Gasteiger partial charge is 0.444 e. The van der Waals surface area contributed by atoms with E-state index in [0.29, 0.717) is 28.8 Å². The zero-order valence-corrected chi connectivity index (χ0v) is 18.1. The molecule has 3 rings (SSSR count). The van der Waals surface area contributed by atoms with Crippen LogP contribution < -0.4 is 10.9 Å². The molecular formula is C24H26N2O5. The van der Waals surface area contributed by atoms with Crippen molar-refractivity contribution >= 4 is 28.7 Å². The van der Waals surface area contributed by atoms with Gasteiger partial charge in [0.25, 0.3) is 5.91 Å². The van der Waals surface area contributed by atoms with Crippen LogP contribution in [0.5, 0.6) is 0 Å². The Hall–Kier alpha value is -3.61. The molecule has 7 nitrogen and oxygen atoms in total. The topological polar surface area (TPSA) is 88.9 Å². The molecule has 0 saturated heterocycles. The number of anilines is 1. The monoisotopic (exact) mass is 422 g/mol. The highest BCUT2D eigenvalue weighted by Crippen LogP contribution is 2.20. The summed E-state index contributed by atoms with van der Waals surface area (Å²) in [6.07, 6.45) is -0.439. The number of rotatable bonds is 5. The van der Waals surface area contributed by atoms with E-state index in [0.717, 1.165) is 0 Å². The van der Waals surface area contributed by atoms with E-state index in [2.05, 4.69) is 5.32 Å². The summed E-state index contributed by atoms with van der Waals surface area (Å²) < 4.78 is 10.7. The van der Waals surface area contributed by atoms with E-state index in [1.165, 1.54) is 6.07 Å². The van der Waals surface area contributed by atoms with E-state index in [-0.39, 0.29) is 12.1 Å². The van der Waals surface area contributed by atoms with Gasteiger partial charge in [-0.2, -0.15) is 0 Å². The first-order valence-corrected chi connectivity index (χ1v) is 10.1. The first-order valence-electron chi connectivity index (χ1n) is 10.1. The number of hydrogen-bond donors (Lipinski definition) is 1. The molecule has 0 aliphatic carbocycles. The third-order valence-electron chi connectivity index (χ3n) is 4.55. The third-order valence-corrected chi connectivity index (χ3v) is 4.55. The van der Waals surface area contributed by atoms with Gasteiger partial charge in [-0.1, -0.05) is 36.4 Å². The molecule has 0 aliphatic heterocycles. The molecule has 7 heteroatoms. The van der Waals surface area contributed by atoms with Crippen LogP contribution in [0.1, 0.15) is 43.6 Å². The van der Waals surface area contributed by atoms with Gasteiger partial charge < -0.3 is 19.4 Å². The Labute approximate surface area is 180 Å². The standard InChI is InChI=1S/C24H26N2O5/c1-5-26(23(29)31-24(2,3)4)15-17-11-6-8-12-19(17)25-21(27)18-14-16-10-7-9-13-20(16)30-22(18)28/h6-14H,5,15H2,1-4H3,(H,25,27). The quantitative estimate of drug-likeness (QED) is 0.597. The maximum absolute atomic E-state index is 12.8. The third kappa shape index (κ3) is 5.51. The maximum atomic E-state index is 12.8. The fourth-order valence-corrected chi connectivity index (χ4v) is 3.03. The number of para-hydroxylation sites is 2. The Balaban J connectivity index is 1.83. The molecule has 0 bridgehead atoms. The number of nitrogens with one attached hydrogen (secondary N) is 1. The van der Waals surface area contributed by atoms with Gasteiger partial charge in [-0.15, -0.1) is 0 Å². The average molecular weight is 422 g/mol. The number of amides is 2. The van der Waals surface area contributed by atoms with Crippen LogP contribution in [0.2, 0.25) is 0 Å². The molecule has 0 spiro atoms. The van der Waals surface area contributed by atoms with Gasteiger partial charge in [0.05, 0.1) is 6.54 Å². The number of benzene rings is 2. The molecular weight excluding hydrogens is 396 g/mol. The SMILES string of the molecule is CCN(Cc1ccccc1NC(=O)c1cc2ccccc2oc1=O)C(=O)OC(C)(C)C. The second-order valence-corrected chi connectivity index (χ2v) is 8.09. The van der Waals surface area contributed by atoms with Gasteiger partial charge in [0.2, 0.25) is 0 Å². The Morgan fingerprint density at radius 3 is 2.45 bits per heavy atom. The van der Waals surface area contributed by atoms with Crippen molar-refractivity contribution in [3.8, 4) is 0 Å². The first kappa shape index (κ1) is 22.1. The van der Waals surface area contributed by atoms with Crippen molar-refractivity contribution in [3.05, 3.63) is 76.1 Å². The highest BCUT2D eigenvalue weighted by Gasteiger charge is 2.22. The highest BCUT2D eigenvalue weighted by atomic mass is 16.6. The van der Waals surface area contributed by atoms with Crippen LogP contribution in [0.4, 0.5) is 10.5 Å². The molecule has 0 aliphatic rings. The Kier molecular flexibility index (Phi) is 6.44. The lowest BCUT2D eigenvalue weighted by Gasteiger charge is -2.27. The van der Waals surface area contributed by atoms with Crippen molar-refractivity contribution in [2.24, 2.45) is 0 Å². The molecule has 2 aromatic carbocycles. The summed E-state index contributed by atoms with van der Waals surface area (Å²) in [6.45, 7) is 7.96. The Morgan fingerprint density at radius 1 is 1.06 bits per heavy atom. The molecule has 0 atom stereocenters. The zero-order valence-electron chi connectivity index (χ0n) is 18.1. The van der Waals surface area contributed by atoms with Crippen LogP contribution in [-0.4, -0.2) is 29.0 Å². The van der Waals surface area contributed by atoms with Crippen molar-refractivity contribution in [1.82, 2.24) is 4.90 Å². The van der Waals surface area contributed by atoms with Crippen molar-refractivity contribution in [2.75, 3.05) is 11.9 Å².